The number of benzene rings is 1. The largest absolute Gasteiger partial charge is 0.496 e. The van der Waals surface area contributed by atoms with Crippen molar-refractivity contribution in [3.05, 3.63) is 22.7 Å². The Morgan fingerprint density at radius 2 is 2.05 bits per heavy atom. The van der Waals surface area contributed by atoms with Crippen LogP contribution in [-0.2, 0) is 9.53 Å². The predicted molar refractivity (Wildman–Crippen MR) is 91.3 cm³/mol. The van der Waals surface area contributed by atoms with Crippen LogP contribution >= 0.6 is 35.8 Å². The van der Waals surface area contributed by atoms with E-state index in [0.29, 0.717) is 34.3 Å². The first kappa shape index (κ1) is 20.7. The van der Waals surface area contributed by atoms with E-state index in [9.17, 15) is 9.59 Å². The zero-order valence-corrected chi connectivity index (χ0v) is 14.6. The average Bonchev–Trinajstić information content (AvgIpc) is 2.48. The van der Waals surface area contributed by atoms with Crippen LogP contribution in [0, 0.1) is 0 Å². The molecule has 1 aromatic rings. The molecule has 3 N–H and O–H groups in total. The van der Waals surface area contributed by atoms with E-state index in [2.05, 4.69) is 10.1 Å². The van der Waals surface area contributed by atoms with Gasteiger partial charge >= 0.3 is 5.97 Å². The van der Waals surface area contributed by atoms with Gasteiger partial charge in [0.2, 0.25) is 0 Å². The summed E-state index contributed by atoms with van der Waals surface area (Å²) in [5.74, 6) is 0.595. The van der Waals surface area contributed by atoms with Gasteiger partial charge in [-0.2, -0.15) is 0 Å². The number of carbonyl (C=O) groups is 2. The first-order chi connectivity index (χ1) is 9.99. The van der Waals surface area contributed by atoms with Gasteiger partial charge in [-0.15, -0.1) is 24.2 Å². The maximum absolute atomic E-state index is 12.0. The summed E-state index contributed by atoms with van der Waals surface area (Å²) >= 11 is 7.28. The quantitative estimate of drug-likeness (QED) is 0.434. The number of halogens is 2. The monoisotopic (exact) mass is 368 g/mol. The zero-order chi connectivity index (χ0) is 15.8. The Bertz CT molecular complexity index is 529. The third kappa shape index (κ3) is 6.21. The predicted octanol–water partition coefficient (Wildman–Crippen LogP) is 1.99. The summed E-state index contributed by atoms with van der Waals surface area (Å²) in [6, 6.07) is 2.97. The molecule has 0 aliphatic rings. The lowest BCUT2D eigenvalue weighted by Crippen LogP contribution is -2.26. The SMILES string of the molecule is COC(=O)CSCCNC(=O)c1cc(Cl)c(N)cc1OC.Cl. The van der Waals surface area contributed by atoms with Crippen LogP contribution in [0.15, 0.2) is 12.1 Å². The van der Waals surface area contributed by atoms with Crippen molar-refractivity contribution >= 4 is 53.3 Å². The number of thioether (sulfide) groups is 1. The van der Waals surface area contributed by atoms with Crippen molar-refractivity contribution in [1.82, 2.24) is 5.32 Å². The van der Waals surface area contributed by atoms with Gasteiger partial charge in [0.05, 0.1) is 36.2 Å². The van der Waals surface area contributed by atoms with Crippen molar-refractivity contribution in [2.24, 2.45) is 0 Å². The fourth-order valence-electron chi connectivity index (χ4n) is 1.46. The molecule has 0 spiro atoms. The minimum absolute atomic E-state index is 0. The topological polar surface area (TPSA) is 90.7 Å². The molecule has 0 aliphatic carbocycles. The summed E-state index contributed by atoms with van der Waals surface area (Å²) < 4.78 is 9.62. The average molecular weight is 369 g/mol. The highest BCUT2D eigenvalue weighted by molar-refractivity contribution is 7.99. The van der Waals surface area contributed by atoms with Crippen LogP contribution in [0.2, 0.25) is 5.02 Å². The van der Waals surface area contributed by atoms with Gasteiger partial charge in [-0.3, -0.25) is 9.59 Å². The number of carbonyl (C=O) groups excluding carboxylic acids is 2. The Labute approximate surface area is 144 Å². The minimum atomic E-state index is -0.313. The lowest BCUT2D eigenvalue weighted by Gasteiger charge is -2.11. The number of nitrogen functional groups attached to an aromatic ring is 1. The van der Waals surface area contributed by atoms with Crippen LogP contribution < -0.4 is 15.8 Å². The first-order valence-corrected chi connectivity index (χ1v) is 7.58. The normalized spacial score (nSPS) is 9.59. The summed E-state index contributed by atoms with van der Waals surface area (Å²) in [5, 5.41) is 3.01. The molecule has 0 aromatic heterocycles. The fourth-order valence-corrected chi connectivity index (χ4v) is 2.30. The standard InChI is InChI=1S/C13H17ClN2O4S.ClH/c1-19-11-6-10(15)9(14)5-8(11)13(18)16-3-4-21-7-12(17)20-2;/h5-6H,3-4,7,15H2,1-2H3,(H,16,18);1H. The Balaban J connectivity index is 0.00000441. The number of hydrogen-bond donors (Lipinski definition) is 2. The molecular formula is C13H18Cl2N2O4S. The van der Waals surface area contributed by atoms with Crippen molar-refractivity contribution < 1.29 is 19.1 Å². The number of methoxy groups -OCH3 is 2. The molecule has 0 bridgehead atoms. The highest BCUT2D eigenvalue weighted by atomic mass is 35.5. The van der Waals surface area contributed by atoms with Crippen molar-refractivity contribution in [2.45, 2.75) is 0 Å². The molecule has 0 heterocycles. The summed E-state index contributed by atoms with van der Waals surface area (Å²) in [7, 11) is 2.79. The minimum Gasteiger partial charge on any atom is -0.496 e. The van der Waals surface area contributed by atoms with E-state index >= 15 is 0 Å². The molecule has 0 fully saturated rings. The van der Waals surface area contributed by atoms with E-state index < -0.39 is 0 Å². The van der Waals surface area contributed by atoms with E-state index in [-0.39, 0.29) is 30.0 Å². The van der Waals surface area contributed by atoms with Gasteiger partial charge in [0.25, 0.3) is 5.91 Å². The molecule has 22 heavy (non-hydrogen) atoms. The maximum Gasteiger partial charge on any atom is 0.315 e. The molecule has 0 atom stereocenters. The molecule has 1 aromatic carbocycles. The van der Waals surface area contributed by atoms with E-state index in [4.69, 9.17) is 22.1 Å². The van der Waals surface area contributed by atoms with Crippen LogP contribution in [0.25, 0.3) is 0 Å². The second-order valence-corrected chi connectivity index (χ2v) is 5.47. The van der Waals surface area contributed by atoms with Gasteiger partial charge in [-0.05, 0) is 6.07 Å². The highest BCUT2D eigenvalue weighted by Crippen LogP contribution is 2.28. The number of nitrogens with one attached hydrogen (secondary N) is 1. The van der Waals surface area contributed by atoms with E-state index in [1.165, 1.54) is 38.1 Å². The van der Waals surface area contributed by atoms with Gasteiger partial charge in [-0.1, -0.05) is 11.6 Å². The van der Waals surface area contributed by atoms with Gasteiger partial charge in [0, 0.05) is 18.4 Å². The first-order valence-electron chi connectivity index (χ1n) is 6.05. The van der Waals surface area contributed by atoms with Crippen LogP contribution in [0.1, 0.15) is 10.4 Å². The lowest BCUT2D eigenvalue weighted by molar-refractivity contribution is -0.137. The van der Waals surface area contributed by atoms with Crippen LogP contribution in [0.4, 0.5) is 5.69 Å². The molecular weight excluding hydrogens is 351 g/mol. The Morgan fingerprint density at radius 3 is 2.64 bits per heavy atom. The van der Waals surface area contributed by atoms with Crippen LogP contribution in [0.5, 0.6) is 5.75 Å². The number of anilines is 1. The Hall–Kier alpha value is -1.31. The Morgan fingerprint density at radius 1 is 1.36 bits per heavy atom. The smallest absolute Gasteiger partial charge is 0.315 e. The van der Waals surface area contributed by atoms with E-state index in [1.807, 2.05) is 0 Å². The number of ether oxygens (including phenoxy) is 2. The number of hydrogen-bond acceptors (Lipinski definition) is 6. The van der Waals surface area contributed by atoms with Crippen molar-refractivity contribution in [1.29, 1.82) is 0 Å². The number of amides is 1. The molecule has 1 amide bonds. The van der Waals surface area contributed by atoms with E-state index in [0.717, 1.165) is 0 Å². The summed E-state index contributed by atoms with van der Waals surface area (Å²) in [6.45, 7) is 0.408. The molecule has 0 saturated carbocycles. The number of rotatable bonds is 7. The molecule has 0 saturated heterocycles. The second-order valence-electron chi connectivity index (χ2n) is 3.96. The van der Waals surface area contributed by atoms with Gasteiger partial charge < -0.3 is 20.5 Å². The fraction of sp³-hybridized carbons (Fsp3) is 0.385. The lowest BCUT2D eigenvalue weighted by atomic mass is 10.1. The van der Waals surface area contributed by atoms with E-state index in [1.54, 1.807) is 0 Å². The summed E-state index contributed by atoms with van der Waals surface area (Å²) in [5.41, 5.74) is 6.32. The molecule has 0 unspecified atom stereocenters. The molecule has 9 heteroatoms. The van der Waals surface area contributed by atoms with Crippen molar-refractivity contribution in [3.8, 4) is 5.75 Å². The molecule has 1 rings (SSSR count). The van der Waals surface area contributed by atoms with Crippen LogP contribution in [-0.4, -0.2) is 44.1 Å². The summed E-state index contributed by atoms with van der Waals surface area (Å²) in [4.78, 5) is 23.0. The third-order valence-corrected chi connectivity index (χ3v) is 3.80. The van der Waals surface area contributed by atoms with Gasteiger partial charge in [0.15, 0.2) is 0 Å². The second kappa shape index (κ2) is 10.4. The third-order valence-electron chi connectivity index (χ3n) is 2.54. The highest BCUT2D eigenvalue weighted by Gasteiger charge is 2.14. The Kier molecular flexibility index (Phi) is 9.80. The molecule has 0 aliphatic heterocycles. The zero-order valence-electron chi connectivity index (χ0n) is 12.2. The molecule has 6 nitrogen and oxygen atoms in total. The van der Waals surface area contributed by atoms with Crippen LogP contribution in [0.3, 0.4) is 0 Å². The number of nitrogens with two attached hydrogens (primary N) is 1. The van der Waals surface area contributed by atoms with Crippen molar-refractivity contribution in [2.75, 3.05) is 38.0 Å². The number of esters is 1. The molecule has 124 valence electrons. The van der Waals surface area contributed by atoms with Crippen molar-refractivity contribution in [3.63, 3.8) is 0 Å². The summed E-state index contributed by atoms with van der Waals surface area (Å²) in [6.07, 6.45) is 0. The maximum atomic E-state index is 12.0. The molecule has 0 radical (unpaired) electrons. The van der Waals surface area contributed by atoms with Gasteiger partial charge in [-0.25, -0.2) is 0 Å². The van der Waals surface area contributed by atoms with Gasteiger partial charge in [0.1, 0.15) is 5.75 Å².